The first-order valence-electron chi connectivity index (χ1n) is 5.03. The number of aromatic amines is 1. The van der Waals surface area contributed by atoms with Crippen LogP contribution in [0, 0.1) is 11.7 Å². The molecule has 1 aliphatic carbocycles. The van der Waals surface area contributed by atoms with Gasteiger partial charge in [-0.3, -0.25) is 0 Å². The molecule has 1 aromatic rings. The minimum Gasteiger partial charge on any atom is -0.335 e. The fourth-order valence-corrected chi connectivity index (χ4v) is 3.61. The lowest BCUT2D eigenvalue weighted by molar-refractivity contribution is 0.522. The van der Waals surface area contributed by atoms with Gasteiger partial charge in [0.1, 0.15) is 0 Å². The second-order valence-electron chi connectivity index (χ2n) is 3.92. The molecule has 1 aromatic heterocycles. The maximum atomic E-state index is 5.31. The molecule has 2 rings (SSSR count). The van der Waals surface area contributed by atoms with E-state index in [4.69, 9.17) is 12.2 Å². The van der Waals surface area contributed by atoms with Gasteiger partial charge in [0.25, 0.3) is 0 Å². The molecule has 1 heterocycles. The molecule has 4 heteroatoms. The fraction of sp³-hybridized carbons (Fsp3) is 0.700. The Hall–Kier alpha value is -0.220. The highest BCUT2D eigenvalue weighted by atomic mass is 32.2. The number of aromatic nitrogens is 2. The molecule has 1 aliphatic rings. The zero-order valence-electron chi connectivity index (χ0n) is 8.62. The van der Waals surface area contributed by atoms with Gasteiger partial charge < -0.3 is 9.55 Å². The van der Waals surface area contributed by atoms with E-state index in [9.17, 15) is 0 Å². The number of rotatable bonds is 2. The second-order valence-corrected chi connectivity index (χ2v) is 5.39. The number of hydrogen-bond acceptors (Lipinski definition) is 2. The van der Waals surface area contributed by atoms with Crippen LogP contribution in [0.2, 0.25) is 0 Å². The fourth-order valence-electron chi connectivity index (χ4n) is 2.28. The van der Waals surface area contributed by atoms with Crippen molar-refractivity contribution in [2.75, 3.05) is 6.26 Å². The van der Waals surface area contributed by atoms with Crippen LogP contribution in [0.4, 0.5) is 0 Å². The molecule has 0 amide bonds. The van der Waals surface area contributed by atoms with Crippen LogP contribution in [-0.2, 0) is 0 Å². The molecule has 2 atom stereocenters. The topological polar surface area (TPSA) is 20.7 Å². The normalized spacial score (nSPS) is 27.0. The molecule has 0 aliphatic heterocycles. The van der Waals surface area contributed by atoms with Gasteiger partial charge in [0, 0.05) is 23.2 Å². The van der Waals surface area contributed by atoms with Crippen molar-refractivity contribution < 1.29 is 0 Å². The highest BCUT2D eigenvalue weighted by Crippen LogP contribution is 2.37. The minimum absolute atomic E-state index is 0.613. The zero-order chi connectivity index (χ0) is 10.1. The molecule has 78 valence electrons. The Balaban J connectivity index is 2.30. The summed E-state index contributed by atoms with van der Waals surface area (Å²) >= 11 is 7.28. The molecule has 0 spiro atoms. The Morgan fingerprint density at radius 2 is 2.36 bits per heavy atom. The summed E-state index contributed by atoms with van der Waals surface area (Å²) in [7, 11) is 0. The number of nitrogens with zero attached hydrogens (tertiary/aromatic N) is 1. The summed E-state index contributed by atoms with van der Waals surface area (Å²) in [5.74, 6) is 0. The van der Waals surface area contributed by atoms with Gasteiger partial charge in [-0.15, -0.1) is 0 Å². The number of aryl methyl sites for hydroxylation is 1. The second kappa shape index (κ2) is 4.11. The Morgan fingerprint density at radius 3 is 2.93 bits per heavy atom. The summed E-state index contributed by atoms with van der Waals surface area (Å²) < 4.78 is 3.13. The highest BCUT2D eigenvalue weighted by molar-refractivity contribution is 7.99. The first-order chi connectivity index (χ1) is 6.72. The summed E-state index contributed by atoms with van der Waals surface area (Å²) in [6.07, 6.45) is 8.30. The van der Waals surface area contributed by atoms with E-state index >= 15 is 0 Å². The van der Waals surface area contributed by atoms with E-state index in [1.165, 1.54) is 25.0 Å². The predicted octanol–water partition coefficient (Wildman–Crippen LogP) is 3.31. The Labute approximate surface area is 94.1 Å². The van der Waals surface area contributed by atoms with Crippen LogP contribution in [0.5, 0.6) is 0 Å². The molecule has 14 heavy (non-hydrogen) atoms. The third-order valence-electron chi connectivity index (χ3n) is 2.95. The molecule has 1 saturated carbocycles. The van der Waals surface area contributed by atoms with Crippen molar-refractivity contribution in [3.63, 3.8) is 0 Å². The maximum Gasteiger partial charge on any atom is 0.177 e. The molecule has 2 nitrogen and oxygen atoms in total. The average molecular weight is 228 g/mol. The van der Waals surface area contributed by atoms with E-state index in [1.54, 1.807) is 0 Å². The van der Waals surface area contributed by atoms with Crippen LogP contribution in [0.1, 0.15) is 31.0 Å². The van der Waals surface area contributed by atoms with Crippen LogP contribution in [0.25, 0.3) is 0 Å². The van der Waals surface area contributed by atoms with Crippen LogP contribution in [0.15, 0.2) is 6.20 Å². The van der Waals surface area contributed by atoms with Gasteiger partial charge in [-0.1, -0.05) is 6.42 Å². The summed E-state index contributed by atoms with van der Waals surface area (Å²) in [6.45, 7) is 2.06. The minimum atomic E-state index is 0.613. The first kappa shape index (κ1) is 10.3. The van der Waals surface area contributed by atoms with Gasteiger partial charge in [0.15, 0.2) is 4.77 Å². The monoisotopic (exact) mass is 228 g/mol. The zero-order valence-corrected chi connectivity index (χ0v) is 10.3. The van der Waals surface area contributed by atoms with Gasteiger partial charge in [-0.25, -0.2) is 0 Å². The van der Waals surface area contributed by atoms with Crippen molar-refractivity contribution in [2.45, 2.75) is 37.5 Å². The maximum absolute atomic E-state index is 5.31. The first-order valence-corrected chi connectivity index (χ1v) is 6.72. The summed E-state index contributed by atoms with van der Waals surface area (Å²) in [6, 6.07) is 0.613. The number of thioether (sulfide) groups is 1. The number of hydrogen-bond donors (Lipinski definition) is 1. The smallest absolute Gasteiger partial charge is 0.177 e. The molecule has 0 saturated heterocycles. The van der Waals surface area contributed by atoms with Crippen LogP contribution >= 0.6 is 24.0 Å². The Bertz CT molecular complexity index is 366. The van der Waals surface area contributed by atoms with Crippen molar-refractivity contribution in [2.24, 2.45) is 0 Å². The molecule has 1 N–H and O–H groups in total. The third kappa shape index (κ3) is 1.77. The molecule has 2 unspecified atom stereocenters. The van der Waals surface area contributed by atoms with Gasteiger partial charge >= 0.3 is 0 Å². The molecular weight excluding hydrogens is 212 g/mol. The largest absolute Gasteiger partial charge is 0.335 e. The lowest BCUT2D eigenvalue weighted by Gasteiger charge is -2.18. The van der Waals surface area contributed by atoms with E-state index in [2.05, 4.69) is 28.9 Å². The van der Waals surface area contributed by atoms with E-state index in [0.717, 1.165) is 10.0 Å². The lowest BCUT2D eigenvalue weighted by atomic mass is 10.2. The SMILES string of the molecule is CSC1CCCC1n1cc(C)[nH]c1=S. The lowest BCUT2D eigenvalue weighted by Crippen LogP contribution is -2.14. The van der Waals surface area contributed by atoms with Crippen LogP contribution < -0.4 is 0 Å². The van der Waals surface area contributed by atoms with Crippen molar-refractivity contribution in [3.8, 4) is 0 Å². The third-order valence-corrected chi connectivity index (χ3v) is 4.42. The number of H-pyrrole nitrogens is 1. The average Bonchev–Trinajstić information content (AvgIpc) is 2.71. The summed E-state index contributed by atoms with van der Waals surface area (Å²) in [5, 5.41) is 0.747. The predicted molar refractivity (Wildman–Crippen MR) is 64.5 cm³/mol. The van der Waals surface area contributed by atoms with E-state index in [0.29, 0.717) is 6.04 Å². The van der Waals surface area contributed by atoms with Gasteiger partial charge in [-0.05, 0) is 38.2 Å². The molecule has 0 bridgehead atoms. The van der Waals surface area contributed by atoms with E-state index in [-0.39, 0.29) is 0 Å². The van der Waals surface area contributed by atoms with Crippen LogP contribution in [-0.4, -0.2) is 21.1 Å². The summed E-state index contributed by atoms with van der Waals surface area (Å²) in [4.78, 5) is 3.20. The van der Waals surface area contributed by atoms with Crippen molar-refractivity contribution in [1.82, 2.24) is 9.55 Å². The number of imidazole rings is 1. The van der Waals surface area contributed by atoms with Gasteiger partial charge in [-0.2, -0.15) is 11.8 Å². The van der Waals surface area contributed by atoms with Crippen molar-refractivity contribution in [3.05, 3.63) is 16.7 Å². The summed E-state index contributed by atoms with van der Waals surface area (Å²) in [5.41, 5.74) is 1.17. The Kier molecular flexibility index (Phi) is 3.02. The molecule has 0 aromatic carbocycles. The van der Waals surface area contributed by atoms with E-state index in [1.807, 2.05) is 11.8 Å². The highest BCUT2D eigenvalue weighted by Gasteiger charge is 2.28. The number of nitrogens with one attached hydrogen (secondary N) is 1. The molecule has 1 fully saturated rings. The standard InChI is InChI=1S/C10H16N2S2/c1-7-6-12(10(13)11-7)8-4-3-5-9(8)14-2/h6,8-9H,3-5H2,1-2H3,(H,11,13). The van der Waals surface area contributed by atoms with Gasteiger partial charge in [0.2, 0.25) is 0 Å². The van der Waals surface area contributed by atoms with E-state index < -0.39 is 0 Å². The molecule has 0 radical (unpaired) electrons. The quantitative estimate of drug-likeness (QED) is 0.784. The van der Waals surface area contributed by atoms with Gasteiger partial charge in [0.05, 0.1) is 0 Å². The Morgan fingerprint density at radius 1 is 1.57 bits per heavy atom. The van der Waals surface area contributed by atoms with Crippen molar-refractivity contribution >= 4 is 24.0 Å². The van der Waals surface area contributed by atoms with Crippen LogP contribution in [0.3, 0.4) is 0 Å². The van der Waals surface area contributed by atoms with Crippen molar-refractivity contribution in [1.29, 1.82) is 0 Å². The molecular formula is C10H16N2S2.